The van der Waals surface area contributed by atoms with Gasteiger partial charge in [-0.3, -0.25) is 10.1 Å². The Morgan fingerprint density at radius 3 is 2.89 bits per heavy atom. The Morgan fingerprint density at radius 2 is 2.26 bits per heavy atom. The van der Waals surface area contributed by atoms with Gasteiger partial charge in [-0.15, -0.1) is 0 Å². The molecule has 0 aromatic heterocycles. The molecule has 0 bridgehead atoms. The van der Waals surface area contributed by atoms with Crippen LogP contribution in [0.1, 0.15) is 5.56 Å². The van der Waals surface area contributed by atoms with Crippen molar-refractivity contribution in [3.8, 4) is 12.1 Å². The topological polar surface area (TPSA) is 103 Å². The first-order valence-corrected chi connectivity index (χ1v) is 5.60. The molecule has 1 aromatic carbocycles. The average Bonchev–Trinajstić information content (AvgIpc) is 2.46. The lowest BCUT2D eigenvalue weighted by Gasteiger charge is -2.31. The van der Waals surface area contributed by atoms with Crippen molar-refractivity contribution in [1.29, 1.82) is 10.5 Å². The Labute approximate surface area is 109 Å². The highest BCUT2D eigenvalue weighted by molar-refractivity contribution is 5.60. The Balaban J connectivity index is 2.31. The lowest BCUT2D eigenvalue weighted by Crippen LogP contribution is -2.41. The van der Waals surface area contributed by atoms with Crippen LogP contribution in [0.25, 0.3) is 0 Å². The first kappa shape index (κ1) is 12.8. The van der Waals surface area contributed by atoms with Crippen molar-refractivity contribution in [2.45, 2.75) is 6.10 Å². The van der Waals surface area contributed by atoms with Crippen LogP contribution in [0.5, 0.6) is 0 Å². The number of ether oxygens (including phenoxy) is 1. The minimum atomic E-state index is -0.579. The van der Waals surface area contributed by atoms with Crippen molar-refractivity contribution in [3.63, 3.8) is 0 Å². The molecule has 2 rings (SSSR count). The van der Waals surface area contributed by atoms with Gasteiger partial charge >= 0.3 is 0 Å². The van der Waals surface area contributed by atoms with E-state index in [1.165, 1.54) is 12.1 Å². The number of nitrogens with zero attached hydrogens (tertiary/aromatic N) is 4. The van der Waals surface area contributed by atoms with Crippen molar-refractivity contribution in [2.24, 2.45) is 0 Å². The fraction of sp³-hybridized carbons (Fsp3) is 0.333. The fourth-order valence-electron chi connectivity index (χ4n) is 1.92. The average molecular weight is 258 g/mol. The molecule has 1 saturated heterocycles. The van der Waals surface area contributed by atoms with E-state index in [0.29, 0.717) is 25.4 Å². The Hall–Kier alpha value is -2.64. The lowest BCUT2D eigenvalue weighted by molar-refractivity contribution is -0.385. The molecule has 1 aromatic rings. The highest BCUT2D eigenvalue weighted by Gasteiger charge is 2.22. The van der Waals surface area contributed by atoms with Gasteiger partial charge in [-0.1, -0.05) is 0 Å². The molecule has 0 spiro atoms. The third-order valence-corrected chi connectivity index (χ3v) is 2.87. The Bertz CT molecular complexity index is 588. The highest BCUT2D eigenvalue weighted by Crippen LogP contribution is 2.26. The monoisotopic (exact) mass is 258 g/mol. The van der Waals surface area contributed by atoms with Gasteiger partial charge in [-0.2, -0.15) is 10.5 Å². The first-order chi connectivity index (χ1) is 9.15. The normalized spacial score (nSPS) is 18.4. The summed E-state index contributed by atoms with van der Waals surface area (Å²) >= 11 is 0. The molecule has 96 valence electrons. The first-order valence-electron chi connectivity index (χ1n) is 5.60. The van der Waals surface area contributed by atoms with E-state index < -0.39 is 11.0 Å². The maximum atomic E-state index is 10.9. The van der Waals surface area contributed by atoms with Crippen molar-refractivity contribution in [1.82, 2.24) is 0 Å². The predicted molar refractivity (Wildman–Crippen MR) is 65.4 cm³/mol. The summed E-state index contributed by atoms with van der Waals surface area (Å²) in [5, 5.41) is 28.5. The van der Waals surface area contributed by atoms with Gasteiger partial charge in [0, 0.05) is 18.3 Å². The van der Waals surface area contributed by atoms with Gasteiger partial charge in [-0.25, -0.2) is 0 Å². The zero-order valence-electron chi connectivity index (χ0n) is 9.94. The zero-order valence-corrected chi connectivity index (χ0v) is 9.94. The summed E-state index contributed by atoms with van der Waals surface area (Å²) in [5.41, 5.74) is 0.424. The molecule has 1 fully saturated rings. The molecule has 0 radical (unpaired) electrons. The lowest BCUT2D eigenvalue weighted by atomic mass is 10.1. The summed E-state index contributed by atoms with van der Waals surface area (Å²) in [6, 6.07) is 8.23. The quantitative estimate of drug-likeness (QED) is 0.583. The number of morpholine rings is 1. The number of rotatable bonds is 2. The van der Waals surface area contributed by atoms with Crippen molar-refractivity contribution in [3.05, 3.63) is 33.9 Å². The second-order valence-corrected chi connectivity index (χ2v) is 4.00. The van der Waals surface area contributed by atoms with Gasteiger partial charge < -0.3 is 9.64 Å². The van der Waals surface area contributed by atoms with Crippen molar-refractivity contribution >= 4 is 11.4 Å². The van der Waals surface area contributed by atoms with E-state index in [1.807, 2.05) is 11.0 Å². The van der Waals surface area contributed by atoms with E-state index in [2.05, 4.69) is 0 Å². The predicted octanol–water partition coefficient (Wildman–Crippen LogP) is 1.20. The highest BCUT2D eigenvalue weighted by atomic mass is 16.6. The second-order valence-electron chi connectivity index (χ2n) is 4.00. The number of nitro benzene ring substituents is 1. The molecule has 1 unspecified atom stereocenters. The maximum absolute atomic E-state index is 10.9. The number of nitro groups is 1. The van der Waals surface area contributed by atoms with Crippen LogP contribution in [0.3, 0.4) is 0 Å². The van der Waals surface area contributed by atoms with Gasteiger partial charge in [0.05, 0.1) is 24.1 Å². The fourth-order valence-corrected chi connectivity index (χ4v) is 1.92. The maximum Gasteiger partial charge on any atom is 0.289 e. The van der Waals surface area contributed by atoms with Gasteiger partial charge in [0.2, 0.25) is 0 Å². The number of hydrogen-bond acceptors (Lipinski definition) is 6. The molecule has 19 heavy (non-hydrogen) atoms. The molecule has 7 heteroatoms. The van der Waals surface area contributed by atoms with E-state index in [1.54, 1.807) is 12.1 Å². The van der Waals surface area contributed by atoms with Gasteiger partial charge in [0.1, 0.15) is 11.6 Å². The molecule has 1 atom stereocenters. The van der Waals surface area contributed by atoms with Crippen LogP contribution in [-0.2, 0) is 4.74 Å². The smallest absolute Gasteiger partial charge is 0.289 e. The molecule has 0 saturated carbocycles. The summed E-state index contributed by atoms with van der Waals surface area (Å²) in [7, 11) is 0. The Morgan fingerprint density at radius 1 is 1.47 bits per heavy atom. The molecule has 0 aliphatic carbocycles. The minimum absolute atomic E-state index is 0.0267. The molecule has 1 heterocycles. The number of benzene rings is 1. The van der Waals surface area contributed by atoms with Gasteiger partial charge in [0.25, 0.3) is 5.69 Å². The number of hydrogen-bond donors (Lipinski definition) is 0. The standard InChI is InChI=1S/C12H10N4O3/c13-6-9-1-2-10(5-12(9)16(17)18)15-3-4-19-11(7-14)8-15/h1-2,5,11H,3-4,8H2. The van der Waals surface area contributed by atoms with E-state index in [4.69, 9.17) is 15.3 Å². The molecule has 1 aliphatic heterocycles. The number of nitriles is 2. The summed E-state index contributed by atoms with van der Waals surface area (Å²) < 4.78 is 5.21. The van der Waals surface area contributed by atoms with Crippen molar-refractivity contribution < 1.29 is 9.66 Å². The molecule has 0 amide bonds. The zero-order chi connectivity index (χ0) is 13.8. The van der Waals surface area contributed by atoms with Gasteiger partial charge in [0.15, 0.2) is 6.10 Å². The van der Waals surface area contributed by atoms with Crippen molar-refractivity contribution in [2.75, 3.05) is 24.6 Å². The molecular weight excluding hydrogens is 248 g/mol. The Kier molecular flexibility index (Phi) is 3.60. The van der Waals surface area contributed by atoms with Crippen LogP contribution < -0.4 is 4.90 Å². The van der Waals surface area contributed by atoms with Crippen LogP contribution in [0.2, 0.25) is 0 Å². The molecule has 0 N–H and O–H groups in total. The van der Waals surface area contributed by atoms with E-state index in [0.717, 1.165) is 0 Å². The van der Waals surface area contributed by atoms with Crippen LogP contribution in [0.15, 0.2) is 18.2 Å². The van der Waals surface area contributed by atoms with Crippen LogP contribution in [0.4, 0.5) is 11.4 Å². The van der Waals surface area contributed by atoms with E-state index >= 15 is 0 Å². The molecular formula is C12H10N4O3. The summed E-state index contributed by atoms with van der Waals surface area (Å²) in [6.07, 6.45) is -0.538. The van der Waals surface area contributed by atoms with Gasteiger partial charge in [-0.05, 0) is 12.1 Å². The third-order valence-electron chi connectivity index (χ3n) is 2.87. The summed E-state index contributed by atoms with van der Waals surface area (Å²) in [6.45, 7) is 1.31. The summed E-state index contributed by atoms with van der Waals surface area (Å²) in [4.78, 5) is 12.2. The largest absolute Gasteiger partial charge is 0.365 e. The third kappa shape index (κ3) is 2.62. The number of anilines is 1. The minimum Gasteiger partial charge on any atom is -0.365 e. The summed E-state index contributed by atoms with van der Waals surface area (Å²) in [5.74, 6) is 0. The van der Waals surface area contributed by atoms with Crippen LogP contribution in [-0.4, -0.2) is 30.7 Å². The van der Waals surface area contributed by atoms with E-state index in [-0.39, 0.29) is 11.3 Å². The molecule has 1 aliphatic rings. The van der Waals surface area contributed by atoms with Crippen LogP contribution in [0, 0.1) is 32.8 Å². The van der Waals surface area contributed by atoms with Crippen LogP contribution >= 0.6 is 0 Å². The second kappa shape index (κ2) is 5.34. The molecule has 7 nitrogen and oxygen atoms in total. The van der Waals surface area contributed by atoms with E-state index in [9.17, 15) is 10.1 Å². The SMILES string of the molecule is N#Cc1ccc(N2CCOC(C#N)C2)cc1[N+](=O)[O-].